The normalized spacial score (nSPS) is 20.1. The lowest BCUT2D eigenvalue weighted by molar-refractivity contribution is 0.0386. The highest BCUT2D eigenvalue weighted by Gasteiger charge is 2.50. The molecule has 0 radical (unpaired) electrons. The van der Waals surface area contributed by atoms with Crippen molar-refractivity contribution in [2.45, 2.75) is 88.8 Å². The number of ether oxygens (including phenoxy) is 1. The van der Waals surface area contributed by atoms with Gasteiger partial charge in [0.05, 0.1) is 12.2 Å². The summed E-state index contributed by atoms with van der Waals surface area (Å²) in [5, 5.41) is 2.81. The maximum atomic E-state index is 7.05. The van der Waals surface area contributed by atoms with Crippen LogP contribution in [-0.4, -0.2) is 32.5 Å². The van der Waals surface area contributed by atoms with Crippen molar-refractivity contribution in [2.24, 2.45) is 5.92 Å². The molecule has 2 nitrogen and oxygen atoms in total. The molecule has 37 heavy (non-hydrogen) atoms. The molecule has 0 bridgehead atoms. The summed E-state index contributed by atoms with van der Waals surface area (Å²) in [6, 6.07) is 21.7. The standard InChI is InChI=1S/C32H44ClIO2Si/c1-24(26(3)34)22-27(33)19-20-31-25(2)23-28(36-31)14-13-21-35-37(32(4,5)6,29-15-9-7-10-16-29)30-17-11-8-12-18-30/h7-12,15-18,24,27-28,31H,2-3,13-14,19-23H2,1,4-6H3/t24-,27+,28+,31+/m1/s1. The Morgan fingerprint density at radius 1 is 1.08 bits per heavy atom. The number of benzene rings is 2. The van der Waals surface area contributed by atoms with Crippen LogP contribution in [0.25, 0.3) is 0 Å². The second-order valence-electron chi connectivity index (χ2n) is 11.5. The van der Waals surface area contributed by atoms with Crippen molar-refractivity contribution in [2.75, 3.05) is 6.61 Å². The molecule has 4 atom stereocenters. The SMILES string of the molecule is C=C(I)[C@H](C)C[C@@H](Cl)CC[C@@H]1O[C@@H](CCCO[Si](c2ccccc2)(c2ccccc2)C(C)(C)C)CC1=C. The van der Waals surface area contributed by atoms with Crippen LogP contribution >= 0.6 is 34.2 Å². The average molecular weight is 651 g/mol. The van der Waals surface area contributed by atoms with E-state index in [-0.39, 0.29) is 22.6 Å². The van der Waals surface area contributed by atoms with Gasteiger partial charge in [0.15, 0.2) is 0 Å². The number of hydrogen-bond acceptors (Lipinski definition) is 2. The molecular weight excluding hydrogens is 607 g/mol. The summed E-state index contributed by atoms with van der Waals surface area (Å²) in [5.74, 6) is 0.444. The smallest absolute Gasteiger partial charge is 0.261 e. The van der Waals surface area contributed by atoms with Gasteiger partial charge in [-0.1, -0.05) is 102 Å². The van der Waals surface area contributed by atoms with E-state index in [4.69, 9.17) is 20.8 Å². The first-order valence-electron chi connectivity index (χ1n) is 13.6. The van der Waals surface area contributed by atoms with Gasteiger partial charge in [-0.05, 0) is 91.6 Å². The van der Waals surface area contributed by atoms with Gasteiger partial charge in [-0.25, -0.2) is 0 Å². The van der Waals surface area contributed by atoms with E-state index < -0.39 is 8.32 Å². The molecule has 2 aromatic carbocycles. The lowest BCUT2D eigenvalue weighted by atomic mass is 9.99. The van der Waals surface area contributed by atoms with Crippen LogP contribution < -0.4 is 10.4 Å². The summed E-state index contributed by atoms with van der Waals surface area (Å²) in [6.45, 7) is 18.3. The Kier molecular flexibility index (Phi) is 11.5. The van der Waals surface area contributed by atoms with Crippen LogP contribution in [0.2, 0.25) is 5.04 Å². The lowest BCUT2D eigenvalue weighted by Crippen LogP contribution is -2.66. The van der Waals surface area contributed by atoms with Gasteiger partial charge >= 0.3 is 0 Å². The molecule has 0 aromatic heterocycles. The minimum Gasteiger partial charge on any atom is -0.407 e. The van der Waals surface area contributed by atoms with Crippen LogP contribution in [0.5, 0.6) is 0 Å². The van der Waals surface area contributed by atoms with Crippen molar-refractivity contribution in [3.05, 3.63) is 83.0 Å². The molecule has 3 rings (SSSR count). The predicted molar refractivity (Wildman–Crippen MR) is 171 cm³/mol. The summed E-state index contributed by atoms with van der Waals surface area (Å²) < 4.78 is 14.6. The summed E-state index contributed by atoms with van der Waals surface area (Å²) in [5.41, 5.74) is 1.22. The third kappa shape index (κ3) is 8.04. The number of alkyl halides is 1. The quantitative estimate of drug-likeness (QED) is 0.0713. The lowest BCUT2D eigenvalue weighted by Gasteiger charge is -2.43. The van der Waals surface area contributed by atoms with Gasteiger partial charge in [0.2, 0.25) is 0 Å². The van der Waals surface area contributed by atoms with Gasteiger partial charge in [-0.3, -0.25) is 0 Å². The van der Waals surface area contributed by atoms with Crippen LogP contribution in [-0.2, 0) is 9.16 Å². The first kappa shape index (κ1) is 30.6. The highest BCUT2D eigenvalue weighted by molar-refractivity contribution is 14.1. The Hall–Kier alpha value is -0.923. The summed E-state index contributed by atoms with van der Waals surface area (Å²) in [4.78, 5) is 0. The molecule has 1 heterocycles. The van der Waals surface area contributed by atoms with E-state index in [1.807, 2.05) is 0 Å². The van der Waals surface area contributed by atoms with Crippen LogP contribution in [0.1, 0.15) is 66.2 Å². The van der Waals surface area contributed by atoms with E-state index in [1.165, 1.54) is 19.5 Å². The number of hydrogen-bond donors (Lipinski definition) is 0. The molecule has 2 aromatic rings. The minimum atomic E-state index is -2.48. The first-order chi connectivity index (χ1) is 17.5. The molecule has 1 aliphatic rings. The van der Waals surface area contributed by atoms with Gasteiger partial charge in [-0.15, -0.1) is 11.6 Å². The first-order valence-corrected chi connectivity index (χ1v) is 17.0. The number of allylic oxidation sites excluding steroid dienone is 1. The van der Waals surface area contributed by atoms with E-state index in [9.17, 15) is 0 Å². The Morgan fingerprint density at radius 2 is 1.65 bits per heavy atom. The highest BCUT2D eigenvalue weighted by Crippen LogP contribution is 2.37. The molecule has 0 amide bonds. The molecule has 0 N–H and O–H groups in total. The molecule has 1 fully saturated rings. The molecule has 0 saturated carbocycles. The molecular formula is C32H44ClIO2Si. The average Bonchev–Trinajstić information content (AvgIpc) is 3.22. The summed E-state index contributed by atoms with van der Waals surface area (Å²) >= 11 is 8.93. The van der Waals surface area contributed by atoms with Gasteiger partial charge in [-0.2, -0.15) is 0 Å². The number of halogens is 2. The zero-order valence-electron chi connectivity index (χ0n) is 23.0. The van der Waals surface area contributed by atoms with Crippen LogP contribution in [0.4, 0.5) is 0 Å². The monoisotopic (exact) mass is 650 g/mol. The summed E-state index contributed by atoms with van der Waals surface area (Å²) in [6.07, 6.45) is 6.12. The van der Waals surface area contributed by atoms with E-state index in [1.54, 1.807) is 0 Å². The second kappa shape index (κ2) is 13.9. The fourth-order valence-corrected chi connectivity index (χ4v) is 10.8. The Labute approximate surface area is 245 Å². The maximum Gasteiger partial charge on any atom is 0.261 e. The van der Waals surface area contributed by atoms with Crippen molar-refractivity contribution in [1.82, 2.24) is 0 Å². The largest absolute Gasteiger partial charge is 0.407 e. The van der Waals surface area contributed by atoms with E-state index in [0.29, 0.717) is 5.92 Å². The third-order valence-electron chi connectivity index (χ3n) is 7.59. The van der Waals surface area contributed by atoms with Crippen LogP contribution in [0, 0.1) is 5.92 Å². The molecule has 0 spiro atoms. The fourth-order valence-electron chi connectivity index (χ4n) is 5.50. The zero-order chi connectivity index (χ0) is 27.1. The van der Waals surface area contributed by atoms with Gasteiger partial charge in [0.25, 0.3) is 8.32 Å². The highest BCUT2D eigenvalue weighted by atomic mass is 127. The van der Waals surface area contributed by atoms with E-state index in [2.05, 4.69) is 124 Å². The molecule has 1 aliphatic heterocycles. The molecule has 1 saturated heterocycles. The topological polar surface area (TPSA) is 18.5 Å². The van der Waals surface area contributed by atoms with Crippen molar-refractivity contribution in [1.29, 1.82) is 0 Å². The van der Waals surface area contributed by atoms with Crippen molar-refractivity contribution in [3.8, 4) is 0 Å². The Bertz CT molecular complexity index is 965. The molecule has 5 heteroatoms. The van der Waals surface area contributed by atoms with Gasteiger partial charge < -0.3 is 9.16 Å². The number of rotatable bonds is 13. The molecule has 0 aliphatic carbocycles. The van der Waals surface area contributed by atoms with Gasteiger partial charge in [0.1, 0.15) is 0 Å². The van der Waals surface area contributed by atoms with E-state index >= 15 is 0 Å². The second-order valence-corrected chi connectivity index (χ2v) is 17.8. The van der Waals surface area contributed by atoms with Crippen molar-refractivity contribution in [3.63, 3.8) is 0 Å². The fraction of sp³-hybridized carbons (Fsp3) is 0.500. The summed E-state index contributed by atoms with van der Waals surface area (Å²) in [7, 11) is -2.48. The van der Waals surface area contributed by atoms with Gasteiger partial charge in [0, 0.05) is 12.0 Å². The van der Waals surface area contributed by atoms with Crippen molar-refractivity contribution < 1.29 is 9.16 Å². The van der Waals surface area contributed by atoms with Crippen molar-refractivity contribution >= 4 is 52.9 Å². The maximum absolute atomic E-state index is 7.05. The van der Waals surface area contributed by atoms with E-state index in [0.717, 1.165) is 45.1 Å². The third-order valence-corrected chi connectivity index (χ3v) is 14.1. The molecule has 0 unspecified atom stereocenters. The van der Waals surface area contributed by atoms with Crippen LogP contribution in [0.15, 0.2) is 83.0 Å². The minimum absolute atomic E-state index is 0.00177. The molecule has 202 valence electrons. The van der Waals surface area contributed by atoms with Crippen LogP contribution in [0.3, 0.4) is 0 Å². The zero-order valence-corrected chi connectivity index (χ0v) is 26.9. The Morgan fingerprint density at radius 3 is 2.16 bits per heavy atom. The predicted octanol–water partition coefficient (Wildman–Crippen LogP) is 8.42. The Balaban J connectivity index is 1.58.